The van der Waals surface area contributed by atoms with Crippen molar-refractivity contribution >= 4 is 33.5 Å². The highest BCUT2D eigenvalue weighted by Crippen LogP contribution is 2.22. The molecule has 0 spiro atoms. The van der Waals surface area contributed by atoms with Crippen LogP contribution in [-0.4, -0.2) is 32.9 Å². The van der Waals surface area contributed by atoms with Crippen LogP contribution in [0.1, 0.15) is 35.1 Å². The Bertz CT molecular complexity index is 709. The molecule has 0 saturated carbocycles. The Morgan fingerprint density at radius 2 is 2.19 bits per heavy atom. The summed E-state index contributed by atoms with van der Waals surface area (Å²) in [5.74, 6) is -1.25. The first-order valence-corrected chi connectivity index (χ1v) is 7.40. The zero-order valence-electron chi connectivity index (χ0n) is 11.8. The van der Waals surface area contributed by atoms with Crippen LogP contribution in [0.4, 0.5) is 0 Å². The van der Waals surface area contributed by atoms with E-state index in [2.05, 4.69) is 26.2 Å². The number of nitrogens with one attached hydrogen (secondary N) is 1. The lowest BCUT2D eigenvalue weighted by atomic mass is 10.2. The van der Waals surface area contributed by atoms with Crippen molar-refractivity contribution in [3.05, 3.63) is 33.7 Å². The van der Waals surface area contributed by atoms with Crippen LogP contribution < -0.4 is 5.32 Å². The molecule has 2 rings (SSSR count). The van der Waals surface area contributed by atoms with Gasteiger partial charge in [0.1, 0.15) is 5.69 Å². The maximum atomic E-state index is 12.3. The number of fused-ring (bicyclic) bond motifs is 1. The molecule has 0 aliphatic heterocycles. The van der Waals surface area contributed by atoms with Gasteiger partial charge in [0, 0.05) is 12.7 Å². The van der Waals surface area contributed by atoms with Crippen molar-refractivity contribution in [2.75, 3.05) is 6.54 Å². The average Bonchev–Trinajstić information content (AvgIpc) is 2.76. The van der Waals surface area contributed by atoms with Gasteiger partial charge in [0.15, 0.2) is 5.65 Å². The topological polar surface area (TPSA) is 83.7 Å². The predicted octanol–water partition coefficient (Wildman–Crippen LogP) is 2.17. The van der Waals surface area contributed by atoms with E-state index >= 15 is 0 Å². The highest BCUT2D eigenvalue weighted by atomic mass is 79.9. The lowest BCUT2D eigenvalue weighted by Crippen LogP contribution is -2.28. The smallest absolute Gasteiger partial charge is 0.305 e. The molecule has 7 heteroatoms. The molecule has 0 aliphatic carbocycles. The van der Waals surface area contributed by atoms with E-state index in [1.807, 2.05) is 26.1 Å². The van der Waals surface area contributed by atoms with Gasteiger partial charge in [0.05, 0.1) is 16.6 Å². The van der Waals surface area contributed by atoms with Crippen molar-refractivity contribution in [2.45, 2.75) is 26.7 Å². The number of aromatic nitrogens is 2. The lowest BCUT2D eigenvalue weighted by Gasteiger charge is -2.06. The van der Waals surface area contributed by atoms with E-state index in [1.54, 1.807) is 4.40 Å². The van der Waals surface area contributed by atoms with Gasteiger partial charge in [-0.25, -0.2) is 4.98 Å². The molecular weight excluding hydrogens is 338 g/mol. The van der Waals surface area contributed by atoms with Crippen molar-refractivity contribution in [2.24, 2.45) is 0 Å². The summed E-state index contributed by atoms with van der Waals surface area (Å²) in [5, 5.41) is 11.3. The van der Waals surface area contributed by atoms with Crippen LogP contribution in [0.15, 0.2) is 16.7 Å². The average molecular weight is 354 g/mol. The number of carbonyl (C=O) groups excluding carboxylic acids is 1. The molecule has 112 valence electrons. The summed E-state index contributed by atoms with van der Waals surface area (Å²) in [6.45, 7) is 3.95. The van der Waals surface area contributed by atoms with Crippen molar-refractivity contribution in [3.8, 4) is 0 Å². The normalized spacial score (nSPS) is 10.8. The molecule has 6 nitrogen and oxygen atoms in total. The zero-order chi connectivity index (χ0) is 15.6. The second-order valence-electron chi connectivity index (χ2n) is 4.72. The third kappa shape index (κ3) is 3.24. The first-order valence-electron chi connectivity index (χ1n) is 6.61. The molecule has 0 radical (unpaired) electrons. The van der Waals surface area contributed by atoms with E-state index in [9.17, 15) is 9.59 Å². The second kappa shape index (κ2) is 6.26. The number of aryl methyl sites for hydroxylation is 2. The number of carboxylic acid groups (broad SMARTS) is 1. The third-order valence-electron chi connectivity index (χ3n) is 3.06. The summed E-state index contributed by atoms with van der Waals surface area (Å²) in [4.78, 5) is 27.3. The van der Waals surface area contributed by atoms with Gasteiger partial charge in [-0.05, 0) is 40.9 Å². The number of amides is 1. The Balaban J connectivity index is 2.41. The number of imidazole rings is 1. The first kappa shape index (κ1) is 15.5. The summed E-state index contributed by atoms with van der Waals surface area (Å²) in [6, 6.07) is 1.94. The second-order valence-corrected chi connectivity index (χ2v) is 5.57. The number of nitrogens with zero attached hydrogens (tertiary/aromatic N) is 2. The molecule has 0 unspecified atom stereocenters. The van der Waals surface area contributed by atoms with Gasteiger partial charge in [-0.3, -0.25) is 14.0 Å². The Labute approximate surface area is 130 Å². The Morgan fingerprint density at radius 3 is 2.81 bits per heavy atom. The molecule has 0 aliphatic rings. The van der Waals surface area contributed by atoms with Crippen LogP contribution in [0.25, 0.3) is 5.65 Å². The van der Waals surface area contributed by atoms with Gasteiger partial charge in [0.2, 0.25) is 0 Å². The molecule has 2 aromatic heterocycles. The van der Waals surface area contributed by atoms with Crippen molar-refractivity contribution < 1.29 is 14.7 Å². The summed E-state index contributed by atoms with van der Waals surface area (Å²) in [6.07, 6.45) is 2.36. The Hall–Kier alpha value is -1.89. The molecule has 2 heterocycles. The monoisotopic (exact) mass is 353 g/mol. The molecule has 0 atom stereocenters. The maximum absolute atomic E-state index is 12.3. The van der Waals surface area contributed by atoms with Gasteiger partial charge < -0.3 is 10.4 Å². The minimum absolute atomic E-state index is 0.0948. The minimum Gasteiger partial charge on any atom is -0.481 e. The van der Waals surface area contributed by atoms with Crippen molar-refractivity contribution in [1.82, 2.24) is 14.7 Å². The summed E-state index contributed by atoms with van der Waals surface area (Å²) < 4.78 is 2.57. The molecule has 0 fully saturated rings. The summed E-state index contributed by atoms with van der Waals surface area (Å²) in [5.41, 5.74) is 2.83. The Morgan fingerprint density at radius 1 is 1.48 bits per heavy atom. The lowest BCUT2D eigenvalue weighted by molar-refractivity contribution is -0.136. The van der Waals surface area contributed by atoms with Gasteiger partial charge in [-0.15, -0.1) is 0 Å². The third-order valence-corrected chi connectivity index (χ3v) is 3.64. The number of hydrogen-bond donors (Lipinski definition) is 2. The Kier molecular flexibility index (Phi) is 4.62. The molecule has 0 bridgehead atoms. The van der Waals surface area contributed by atoms with Crippen LogP contribution >= 0.6 is 15.9 Å². The van der Waals surface area contributed by atoms with E-state index in [1.165, 1.54) is 0 Å². The minimum atomic E-state index is -0.942. The van der Waals surface area contributed by atoms with Crippen LogP contribution in [0.5, 0.6) is 0 Å². The van der Waals surface area contributed by atoms with E-state index in [0.29, 0.717) is 23.5 Å². The highest BCUT2D eigenvalue weighted by molar-refractivity contribution is 9.10. The van der Waals surface area contributed by atoms with E-state index in [4.69, 9.17) is 5.11 Å². The first-order chi connectivity index (χ1) is 9.93. The number of carboxylic acids is 1. The van der Waals surface area contributed by atoms with Crippen LogP contribution in [0.3, 0.4) is 0 Å². The fourth-order valence-electron chi connectivity index (χ4n) is 2.13. The van der Waals surface area contributed by atoms with Crippen molar-refractivity contribution in [3.63, 3.8) is 0 Å². The maximum Gasteiger partial charge on any atom is 0.305 e. The molecule has 0 aromatic carbocycles. The van der Waals surface area contributed by atoms with Gasteiger partial charge in [-0.1, -0.05) is 6.92 Å². The molecule has 0 saturated heterocycles. The van der Waals surface area contributed by atoms with Crippen LogP contribution in [0.2, 0.25) is 0 Å². The highest BCUT2D eigenvalue weighted by Gasteiger charge is 2.19. The SMILES string of the molecule is CCc1nc2c(Br)cc(C)cn2c1C(=O)NCCC(=O)O. The molecular formula is C14H16BrN3O3. The quantitative estimate of drug-likeness (QED) is 0.862. The number of pyridine rings is 1. The largest absolute Gasteiger partial charge is 0.481 e. The number of hydrogen-bond acceptors (Lipinski definition) is 3. The summed E-state index contributed by atoms with van der Waals surface area (Å²) >= 11 is 3.45. The van der Waals surface area contributed by atoms with Gasteiger partial charge >= 0.3 is 5.97 Å². The number of aliphatic carboxylic acids is 1. The standard InChI is InChI=1S/C14H16BrN3O3/c1-3-10-12(14(21)16-5-4-11(19)20)18-7-8(2)6-9(15)13(18)17-10/h6-7H,3-5H2,1-2H3,(H,16,21)(H,19,20). The van der Waals surface area contributed by atoms with E-state index in [-0.39, 0.29) is 18.9 Å². The fraction of sp³-hybridized carbons (Fsp3) is 0.357. The zero-order valence-corrected chi connectivity index (χ0v) is 13.4. The fourth-order valence-corrected chi connectivity index (χ4v) is 2.77. The van der Waals surface area contributed by atoms with Crippen LogP contribution in [-0.2, 0) is 11.2 Å². The van der Waals surface area contributed by atoms with Gasteiger partial charge in [0.25, 0.3) is 5.91 Å². The van der Waals surface area contributed by atoms with Crippen LogP contribution in [0, 0.1) is 6.92 Å². The van der Waals surface area contributed by atoms with E-state index in [0.717, 1.165) is 10.0 Å². The molecule has 2 aromatic rings. The number of halogens is 1. The number of rotatable bonds is 5. The van der Waals surface area contributed by atoms with E-state index < -0.39 is 5.97 Å². The van der Waals surface area contributed by atoms with Crippen molar-refractivity contribution in [1.29, 1.82) is 0 Å². The molecule has 21 heavy (non-hydrogen) atoms. The van der Waals surface area contributed by atoms with Gasteiger partial charge in [-0.2, -0.15) is 0 Å². The number of carbonyl (C=O) groups is 2. The molecule has 2 N–H and O–H groups in total. The summed E-state index contributed by atoms with van der Waals surface area (Å²) in [7, 11) is 0. The molecule has 1 amide bonds. The predicted molar refractivity (Wildman–Crippen MR) is 81.6 cm³/mol.